The zero-order valence-electron chi connectivity index (χ0n) is 16.5. The van der Waals surface area contributed by atoms with Gasteiger partial charge in [0.05, 0.1) is 5.02 Å². The first kappa shape index (κ1) is 20.4. The van der Waals surface area contributed by atoms with E-state index in [1.54, 1.807) is 6.20 Å². The van der Waals surface area contributed by atoms with Gasteiger partial charge in [0.2, 0.25) is 0 Å². The Labute approximate surface area is 171 Å². The maximum Gasteiger partial charge on any atom is 0.322 e. The topological polar surface area (TPSA) is 68.7 Å². The fraction of sp³-hybridized carbons (Fsp3) is 0.429. The highest BCUT2D eigenvalue weighted by Gasteiger charge is 2.29. The van der Waals surface area contributed by atoms with Gasteiger partial charge in [0, 0.05) is 50.1 Å². The van der Waals surface area contributed by atoms with Crippen LogP contribution in [0.15, 0.2) is 36.5 Å². The predicted molar refractivity (Wildman–Crippen MR) is 113 cm³/mol. The minimum absolute atomic E-state index is 0.000269. The summed E-state index contributed by atoms with van der Waals surface area (Å²) >= 11 is 6.45. The molecule has 0 bridgehead atoms. The Bertz CT molecular complexity index is 828. The van der Waals surface area contributed by atoms with Crippen molar-refractivity contribution >= 4 is 29.1 Å². The van der Waals surface area contributed by atoms with E-state index in [4.69, 9.17) is 11.6 Å². The van der Waals surface area contributed by atoms with Crippen LogP contribution in [0.5, 0.6) is 0 Å². The summed E-state index contributed by atoms with van der Waals surface area (Å²) in [5, 5.41) is 12.8. The number of nitrogens with one attached hydrogen (secondary N) is 1. The van der Waals surface area contributed by atoms with Gasteiger partial charge < -0.3 is 20.2 Å². The Kier molecular flexibility index (Phi) is 6.42. The van der Waals surface area contributed by atoms with Crippen LogP contribution in [0, 0.1) is 6.92 Å². The van der Waals surface area contributed by atoms with E-state index >= 15 is 0 Å². The molecule has 1 unspecified atom stereocenters. The summed E-state index contributed by atoms with van der Waals surface area (Å²) in [6.45, 7) is 7.94. The summed E-state index contributed by atoms with van der Waals surface area (Å²) in [6.07, 6.45) is 1.77. The zero-order chi connectivity index (χ0) is 20.3. The molecule has 1 aromatic carbocycles. The molecule has 2 amide bonds. The third kappa shape index (κ3) is 4.56. The number of nitrogens with zero attached hydrogens (tertiary/aromatic N) is 3. The summed E-state index contributed by atoms with van der Waals surface area (Å²) in [4.78, 5) is 21.1. The molecule has 0 aliphatic carbocycles. The molecule has 2 atom stereocenters. The molecule has 6 nitrogen and oxygen atoms in total. The number of aliphatic hydroxyl groups is 1. The van der Waals surface area contributed by atoms with Crippen LogP contribution >= 0.6 is 11.6 Å². The number of anilines is 2. The van der Waals surface area contributed by atoms with E-state index in [9.17, 15) is 9.90 Å². The molecule has 1 aromatic heterocycles. The largest absolute Gasteiger partial charge is 0.396 e. The second kappa shape index (κ2) is 8.80. The van der Waals surface area contributed by atoms with Crippen LogP contribution in [0.25, 0.3) is 0 Å². The monoisotopic (exact) mass is 402 g/mol. The number of aromatic nitrogens is 1. The highest BCUT2D eigenvalue weighted by molar-refractivity contribution is 6.33. The van der Waals surface area contributed by atoms with Crippen LogP contribution < -0.4 is 10.2 Å². The number of amides is 2. The predicted octanol–water partition coefficient (Wildman–Crippen LogP) is 3.88. The van der Waals surface area contributed by atoms with Crippen molar-refractivity contribution in [3.05, 3.63) is 52.7 Å². The molecule has 0 spiro atoms. The smallest absolute Gasteiger partial charge is 0.322 e. The number of halogens is 1. The number of aryl methyl sites for hydroxylation is 1. The van der Waals surface area contributed by atoms with E-state index in [1.807, 2.05) is 56.0 Å². The number of benzene rings is 1. The summed E-state index contributed by atoms with van der Waals surface area (Å²) < 4.78 is 0. The Morgan fingerprint density at radius 3 is 2.68 bits per heavy atom. The average molecular weight is 403 g/mol. The number of pyridine rings is 1. The Morgan fingerprint density at radius 2 is 2.07 bits per heavy atom. The lowest BCUT2D eigenvalue weighted by Gasteiger charge is -2.40. The standard InChI is InChI=1S/C21H27ClN4O2/c1-14-4-6-18(7-5-14)24-21(28)26-9-8-25(12-16(26)3)20-19(22)10-17(11-23-20)15(2)13-27/h4-7,10-11,15-16,27H,8-9,12-13H2,1-3H3,(H,24,28)/t15?,16-/m1/s1. The summed E-state index contributed by atoms with van der Waals surface area (Å²) in [7, 11) is 0. The van der Waals surface area contributed by atoms with Gasteiger partial charge in [-0.15, -0.1) is 0 Å². The lowest BCUT2D eigenvalue weighted by atomic mass is 10.0. The van der Waals surface area contributed by atoms with E-state index in [1.165, 1.54) is 0 Å². The number of carbonyl (C=O) groups excluding carboxylic acids is 1. The fourth-order valence-electron chi connectivity index (χ4n) is 3.34. The van der Waals surface area contributed by atoms with Crippen LogP contribution in [-0.2, 0) is 0 Å². The van der Waals surface area contributed by atoms with Crippen LogP contribution in [0.4, 0.5) is 16.3 Å². The Balaban J connectivity index is 1.64. The molecule has 1 aliphatic rings. The molecule has 150 valence electrons. The maximum absolute atomic E-state index is 12.7. The average Bonchev–Trinajstić information content (AvgIpc) is 2.68. The maximum atomic E-state index is 12.7. The second-order valence-corrected chi connectivity index (χ2v) is 7.85. The Morgan fingerprint density at radius 1 is 1.36 bits per heavy atom. The van der Waals surface area contributed by atoms with Crippen LogP contribution in [-0.4, -0.2) is 53.3 Å². The SMILES string of the molecule is Cc1ccc(NC(=O)N2CCN(c3ncc(C(C)CO)cc3Cl)C[C@H]2C)cc1. The summed E-state index contributed by atoms with van der Waals surface area (Å²) in [5.74, 6) is 0.723. The first-order valence-corrected chi connectivity index (χ1v) is 9.92. The first-order valence-electron chi connectivity index (χ1n) is 9.54. The molecule has 2 aromatic rings. The number of hydrogen-bond donors (Lipinski definition) is 2. The Hall–Kier alpha value is -2.31. The van der Waals surface area contributed by atoms with E-state index in [0.717, 1.165) is 22.6 Å². The van der Waals surface area contributed by atoms with E-state index in [2.05, 4.69) is 15.2 Å². The first-order chi connectivity index (χ1) is 13.4. The normalized spacial score (nSPS) is 18.1. The molecule has 0 radical (unpaired) electrons. The van der Waals surface area contributed by atoms with Crippen molar-refractivity contribution in [2.75, 3.05) is 36.5 Å². The number of piperazine rings is 1. The highest BCUT2D eigenvalue weighted by Crippen LogP contribution is 2.28. The molecular formula is C21H27ClN4O2. The highest BCUT2D eigenvalue weighted by atomic mass is 35.5. The second-order valence-electron chi connectivity index (χ2n) is 7.44. The lowest BCUT2D eigenvalue weighted by molar-refractivity contribution is 0.184. The number of aliphatic hydroxyl groups excluding tert-OH is 1. The minimum atomic E-state index is -0.0952. The van der Waals surface area contributed by atoms with Crippen molar-refractivity contribution < 1.29 is 9.90 Å². The quantitative estimate of drug-likeness (QED) is 0.814. The summed E-state index contributed by atoms with van der Waals surface area (Å²) in [6, 6.07) is 9.57. The molecule has 0 saturated carbocycles. The molecule has 1 fully saturated rings. The lowest BCUT2D eigenvalue weighted by Crippen LogP contribution is -2.55. The molecule has 7 heteroatoms. The molecule has 28 heavy (non-hydrogen) atoms. The van der Waals surface area contributed by atoms with Gasteiger partial charge in [-0.3, -0.25) is 0 Å². The van der Waals surface area contributed by atoms with E-state index in [-0.39, 0.29) is 24.6 Å². The van der Waals surface area contributed by atoms with E-state index < -0.39 is 0 Å². The van der Waals surface area contributed by atoms with Gasteiger partial charge in [0.1, 0.15) is 5.82 Å². The number of hydrogen-bond acceptors (Lipinski definition) is 4. The van der Waals surface area contributed by atoms with Gasteiger partial charge in [-0.05, 0) is 37.6 Å². The van der Waals surface area contributed by atoms with Crippen molar-refractivity contribution in [2.24, 2.45) is 0 Å². The number of urea groups is 1. The van der Waals surface area contributed by atoms with Gasteiger partial charge in [-0.1, -0.05) is 36.2 Å². The van der Waals surface area contributed by atoms with Crippen molar-refractivity contribution in [2.45, 2.75) is 32.7 Å². The van der Waals surface area contributed by atoms with Gasteiger partial charge in [-0.2, -0.15) is 0 Å². The molecule has 1 saturated heterocycles. The number of rotatable bonds is 4. The van der Waals surface area contributed by atoms with E-state index in [0.29, 0.717) is 24.7 Å². The molecule has 3 rings (SSSR count). The van der Waals surface area contributed by atoms with Crippen molar-refractivity contribution in [1.82, 2.24) is 9.88 Å². The van der Waals surface area contributed by atoms with Gasteiger partial charge in [-0.25, -0.2) is 9.78 Å². The van der Waals surface area contributed by atoms with Crippen molar-refractivity contribution in [1.29, 1.82) is 0 Å². The minimum Gasteiger partial charge on any atom is -0.396 e. The number of carbonyl (C=O) groups is 1. The molecule has 2 heterocycles. The molecule has 1 aliphatic heterocycles. The third-order valence-electron chi connectivity index (χ3n) is 5.18. The fourth-order valence-corrected chi connectivity index (χ4v) is 3.63. The summed E-state index contributed by atoms with van der Waals surface area (Å²) in [5.41, 5.74) is 2.87. The molecule has 2 N–H and O–H groups in total. The van der Waals surface area contributed by atoms with Crippen molar-refractivity contribution in [3.8, 4) is 0 Å². The van der Waals surface area contributed by atoms with Crippen LogP contribution in [0.1, 0.15) is 30.9 Å². The van der Waals surface area contributed by atoms with Gasteiger partial charge in [0.15, 0.2) is 0 Å². The zero-order valence-corrected chi connectivity index (χ0v) is 17.3. The van der Waals surface area contributed by atoms with Crippen LogP contribution in [0.3, 0.4) is 0 Å². The molecular weight excluding hydrogens is 376 g/mol. The van der Waals surface area contributed by atoms with Crippen LogP contribution in [0.2, 0.25) is 5.02 Å². The van der Waals surface area contributed by atoms with Gasteiger partial charge >= 0.3 is 6.03 Å². The van der Waals surface area contributed by atoms with Crippen molar-refractivity contribution in [3.63, 3.8) is 0 Å². The van der Waals surface area contributed by atoms with Gasteiger partial charge in [0.25, 0.3) is 0 Å². The third-order valence-corrected chi connectivity index (χ3v) is 5.45.